The van der Waals surface area contributed by atoms with E-state index >= 15 is 0 Å². The molecule has 3 heteroatoms. The third-order valence-corrected chi connectivity index (χ3v) is 1.60. The molecule has 68 valence electrons. The van der Waals surface area contributed by atoms with Crippen LogP contribution in [0.1, 0.15) is 11.1 Å². The van der Waals surface area contributed by atoms with Gasteiger partial charge in [0.05, 0.1) is 0 Å². The molecule has 0 nitrogen and oxygen atoms in total. The fourth-order valence-electron chi connectivity index (χ4n) is 0.780. The summed E-state index contributed by atoms with van der Waals surface area (Å²) in [7, 11) is 0. The van der Waals surface area contributed by atoms with Crippen LogP contribution in [0.2, 0.25) is 0 Å². The van der Waals surface area contributed by atoms with Crippen LogP contribution in [0.3, 0.4) is 0 Å². The van der Waals surface area contributed by atoms with Gasteiger partial charge in [0.25, 0.3) is 0 Å². The summed E-state index contributed by atoms with van der Waals surface area (Å²) < 4.78 is 24.5. The molecule has 0 aliphatic carbocycles. The van der Waals surface area contributed by atoms with Gasteiger partial charge in [-0.1, -0.05) is 23.6 Å². The molecular formula is C10H7BrF2. The second-order valence-electron chi connectivity index (χ2n) is 2.61. The van der Waals surface area contributed by atoms with Crippen LogP contribution in [0, 0.1) is 18.8 Å². The Kier molecular flexibility index (Phi) is 3.05. The molecule has 1 aromatic carbocycles. The zero-order valence-corrected chi connectivity index (χ0v) is 8.53. The lowest BCUT2D eigenvalue weighted by Gasteiger charge is -1.95. The summed E-state index contributed by atoms with van der Waals surface area (Å²) in [6, 6.07) is 7.08. The minimum absolute atomic E-state index is 0.588. The summed E-state index contributed by atoms with van der Waals surface area (Å²) in [5, 5.41) is 0. The van der Waals surface area contributed by atoms with E-state index in [1.807, 2.05) is 19.1 Å². The van der Waals surface area contributed by atoms with E-state index in [1.54, 1.807) is 18.1 Å². The Hall–Kier alpha value is -0.880. The van der Waals surface area contributed by atoms with Gasteiger partial charge in [-0.3, -0.25) is 0 Å². The van der Waals surface area contributed by atoms with E-state index in [0.717, 1.165) is 5.56 Å². The molecule has 0 atom stereocenters. The molecule has 0 saturated carbocycles. The van der Waals surface area contributed by atoms with Crippen molar-refractivity contribution in [1.82, 2.24) is 0 Å². The van der Waals surface area contributed by atoms with Gasteiger partial charge in [-0.15, -0.1) is 0 Å². The lowest BCUT2D eigenvalue weighted by molar-refractivity contribution is 0.182. The van der Waals surface area contributed by atoms with Gasteiger partial charge in [0.15, 0.2) is 0 Å². The van der Waals surface area contributed by atoms with E-state index in [0.29, 0.717) is 5.56 Å². The first-order chi connectivity index (χ1) is 5.97. The van der Waals surface area contributed by atoms with E-state index in [9.17, 15) is 8.78 Å². The summed E-state index contributed by atoms with van der Waals surface area (Å²) in [6.07, 6.45) is 0. The molecule has 0 unspecified atom stereocenters. The lowest BCUT2D eigenvalue weighted by atomic mass is 10.2. The molecule has 0 aromatic heterocycles. The number of hydrogen-bond donors (Lipinski definition) is 0. The van der Waals surface area contributed by atoms with E-state index in [4.69, 9.17) is 0 Å². The average molecular weight is 245 g/mol. The summed E-state index contributed by atoms with van der Waals surface area (Å²) in [5.41, 5.74) is 1.67. The fraction of sp³-hybridized carbons (Fsp3) is 0.200. The van der Waals surface area contributed by atoms with E-state index < -0.39 is 4.83 Å². The molecular weight excluding hydrogens is 238 g/mol. The van der Waals surface area contributed by atoms with E-state index in [-0.39, 0.29) is 0 Å². The Morgan fingerprint density at radius 3 is 2.23 bits per heavy atom. The molecule has 1 rings (SSSR count). The van der Waals surface area contributed by atoms with Crippen LogP contribution in [-0.2, 0) is 0 Å². The van der Waals surface area contributed by atoms with Gasteiger partial charge in [0, 0.05) is 21.5 Å². The Morgan fingerprint density at radius 2 is 1.77 bits per heavy atom. The third kappa shape index (κ3) is 4.05. The number of rotatable bonds is 0. The van der Waals surface area contributed by atoms with E-state index in [1.165, 1.54) is 0 Å². The van der Waals surface area contributed by atoms with Crippen LogP contribution < -0.4 is 0 Å². The van der Waals surface area contributed by atoms with Crippen LogP contribution in [0.15, 0.2) is 24.3 Å². The monoisotopic (exact) mass is 244 g/mol. The van der Waals surface area contributed by atoms with Crippen molar-refractivity contribution in [2.75, 3.05) is 0 Å². The fourth-order valence-corrected chi connectivity index (χ4v) is 0.879. The molecule has 0 N–H and O–H groups in total. The zero-order valence-electron chi connectivity index (χ0n) is 6.94. The maximum atomic E-state index is 12.2. The van der Waals surface area contributed by atoms with Gasteiger partial charge in [-0.2, -0.15) is 8.78 Å². The highest BCUT2D eigenvalue weighted by Crippen LogP contribution is 2.19. The number of aryl methyl sites for hydroxylation is 1. The van der Waals surface area contributed by atoms with Gasteiger partial charge in [-0.05, 0) is 25.0 Å². The first-order valence-electron chi connectivity index (χ1n) is 3.64. The van der Waals surface area contributed by atoms with Crippen LogP contribution >= 0.6 is 15.9 Å². The molecule has 13 heavy (non-hydrogen) atoms. The summed E-state index contributed by atoms with van der Waals surface area (Å²) in [6.45, 7) is 1.93. The molecule has 0 amide bonds. The largest absolute Gasteiger partial charge is 0.363 e. The molecule has 0 aliphatic rings. The molecule has 0 heterocycles. The van der Waals surface area contributed by atoms with Crippen LogP contribution in [0.4, 0.5) is 8.78 Å². The number of benzene rings is 1. The van der Waals surface area contributed by atoms with Gasteiger partial charge < -0.3 is 0 Å². The van der Waals surface area contributed by atoms with Crippen LogP contribution in [0.25, 0.3) is 0 Å². The highest BCUT2D eigenvalue weighted by Gasteiger charge is 2.18. The number of alkyl halides is 3. The topological polar surface area (TPSA) is 0 Å². The lowest BCUT2D eigenvalue weighted by Crippen LogP contribution is -1.98. The number of hydrogen-bond acceptors (Lipinski definition) is 0. The average Bonchev–Trinajstić information content (AvgIpc) is 2.02. The van der Waals surface area contributed by atoms with Crippen molar-refractivity contribution in [3.8, 4) is 11.8 Å². The van der Waals surface area contributed by atoms with Crippen molar-refractivity contribution >= 4 is 15.9 Å². The molecule has 0 saturated heterocycles. The molecule has 0 aliphatic heterocycles. The van der Waals surface area contributed by atoms with Crippen molar-refractivity contribution in [1.29, 1.82) is 0 Å². The Labute approximate surface area is 84.1 Å². The third-order valence-electron chi connectivity index (χ3n) is 1.40. The molecule has 0 fully saturated rings. The predicted molar refractivity (Wildman–Crippen MR) is 51.9 cm³/mol. The quantitative estimate of drug-likeness (QED) is 0.485. The SMILES string of the molecule is Cc1ccc(C#CC(F)(F)Br)cc1. The standard InChI is InChI=1S/C10H7BrF2/c1-8-2-4-9(5-3-8)6-7-10(11,12)13/h2-5H,1H3. The minimum Gasteiger partial charge on any atom is -0.180 e. The normalized spacial score (nSPS) is 10.5. The minimum atomic E-state index is -3.10. The summed E-state index contributed by atoms with van der Waals surface area (Å²) in [5.74, 6) is 4.16. The zero-order chi connectivity index (χ0) is 9.90. The molecule has 0 spiro atoms. The molecule has 1 aromatic rings. The number of halogens is 3. The van der Waals surface area contributed by atoms with Crippen LogP contribution in [0.5, 0.6) is 0 Å². The van der Waals surface area contributed by atoms with E-state index in [2.05, 4.69) is 21.9 Å². The Morgan fingerprint density at radius 1 is 1.23 bits per heavy atom. The first kappa shape index (κ1) is 10.2. The van der Waals surface area contributed by atoms with Crippen molar-refractivity contribution in [3.63, 3.8) is 0 Å². The highest BCUT2D eigenvalue weighted by molar-refractivity contribution is 9.10. The van der Waals surface area contributed by atoms with Gasteiger partial charge in [-0.25, -0.2) is 0 Å². The highest BCUT2D eigenvalue weighted by atomic mass is 79.9. The van der Waals surface area contributed by atoms with Crippen molar-refractivity contribution < 1.29 is 8.78 Å². The smallest absolute Gasteiger partial charge is 0.180 e. The second-order valence-corrected chi connectivity index (χ2v) is 3.61. The summed E-state index contributed by atoms with van der Waals surface area (Å²) in [4.78, 5) is -3.10. The van der Waals surface area contributed by atoms with Crippen molar-refractivity contribution in [3.05, 3.63) is 35.4 Å². The van der Waals surface area contributed by atoms with Gasteiger partial charge in [0.1, 0.15) is 0 Å². The molecule has 0 radical (unpaired) electrons. The van der Waals surface area contributed by atoms with Gasteiger partial charge >= 0.3 is 4.83 Å². The predicted octanol–water partition coefficient (Wildman–Crippen LogP) is 3.33. The van der Waals surface area contributed by atoms with Gasteiger partial charge in [0.2, 0.25) is 0 Å². The Bertz CT molecular complexity index is 338. The van der Waals surface area contributed by atoms with Crippen molar-refractivity contribution in [2.24, 2.45) is 0 Å². The molecule has 0 bridgehead atoms. The second kappa shape index (κ2) is 3.89. The first-order valence-corrected chi connectivity index (χ1v) is 4.43. The maximum absolute atomic E-state index is 12.2. The van der Waals surface area contributed by atoms with Crippen LogP contribution in [-0.4, -0.2) is 4.83 Å². The Balaban J connectivity index is 2.85. The summed E-state index contributed by atoms with van der Waals surface area (Å²) >= 11 is 2.14. The van der Waals surface area contributed by atoms with Crippen molar-refractivity contribution in [2.45, 2.75) is 11.8 Å². The maximum Gasteiger partial charge on any atom is 0.363 e.